The summed E-state index contributed by atoms with van der Waals surface area (Å²) in [6, 6.07) is 15.8. The molecule has 3 aromatic carbocycles. The maximum Gasteiger partial charge on any atom is 0.341 e. The van der Waals surface area contributed by atoms with Crippen LogP contribution in [0.15, 0.2) is 75.4 Å². The summed E-state index contributed by atoms with van der Waals surface area (Å²) in [5.41, 5.74) is 5.56. The molecule has 9 nitrogen and oxygen atoms in total. The fraction of sp³-hybridized carbons (Fsp3) is 0.174. The van der Waals surface area contributed by atoms with Crippen molar-refractivity contribution in [1.82, 2.24) is 10.3 Å². The van der Waals surface area contributed by atoms with Gasteiger partial charge in [-0.3, -0.25) is 10.3 Å². The van der Waals surface area contributed by atoms with Gasteiger partial charge in [-0.2, -0.15) is 0 Å². The van der Waals surface area contributed by atoms with Crippen molar-refractivity contribution in [3.63, 3.8) is 0 Å². The van der Waals surface area contributed by atoms with Gasteiger partial charge >= 0.3 is 6.03 Å². The van der Waals surface area contributed by atoms with Crippen molar-refractivity contribution in [3.05, 3.63) is 60.7 Å². The molecule has 1 heterocycles. The number of carbonyl (C=O) groups excluding carboxylic acids is 1. The zero-order valence-electron chi connectivity index (χ0n) is 19.1. The van der Waals surface area contributed by atoms with Gasteiger partial charge in [-0.25, -0.2) is 13.2 Å². The van der Waals surface area contributed by atoms with Crippen LogP contribution in [0.4, 0.5) is 27.5 Å². The Kier molecular flexibility index (Phi) is 6.34. The quantitative estimate of drug-likeness (QED) is 0.460. The molecular weight excluding hydrogens is 474 g/mol. The number of sulfonamides is 1. The molecule has 0 saturated carbocycles. The van der Waals surface area contributed by atoms with E-state index >= 15 is 0 Å². The molecule has 0 atom stereocenters. The van der Waals surface area contributed by atoms with E-state index in [-0.39, 0.29) is 10.6 Å². The number of hydrazine groups is 1. The second-order valence-electron chi connectivity index (χ2n) is 8.06. The number of phenols is 1. The lowest BCUT2D eigenvalue weighted by Crippen LogP contribution is -2.47. The second-order valence-corrected chi connectivity index (χ2v) is 10.8. The van der Waals surface area contributed by atoms with E-state index in [1.165, 1.54) is 29.2 Å². The van der Waals surface area contributed by atoms with E-state index < -0.39 is 16.1 Å². The van der Waals surface area contributed by atoms with Gasteiger partial charge in [0.2, 0.25) is 0 Å². The molecule has 0 radical (unpaired) electrons. The number of nitrogens with one attached hydrogen (secondary N) is 2. The number of urea groups is 1. The minimum absolute atomic E-state index is 0.0591. The van der Waals surface area contributed by atoms with Gasteiger partial charge in [0, 0.05) is 49.4 Å². The number of anilines is 4. The van der Waals surface area contributed by atoms with Gasteiger partial charge in [0.05, 0.1) is 16.3 Å². The Morgan fingerprint density at radius 2 is 1.35 bits per heavy atom. The third-order valence-electron chi connectivity index (χ3n) is 5.26. The number of hydrogen-bond donors (Lipinski definition) is 3. The molecule has 0 fully saturated rings. The Morgan fingerprint density at radius 3 is 1.82 bits per heavy atom. The number of aromatic hydroxyl groups is 1. The van der Waals surface area contributed by atoms with E-state index in [1.807, 2.05) is 74.4 Å². The zero-order valence-corrected chi connectivity index (χ0v) is 20.7. The van der Waals surface area contributed by atoms with Gasteiger partial charge in [0.15, 0.2) is 0 Å². The van der Waals surface area contributed by atoms with Crippen LogP contribution in [-0.4, -0.2) is 47.7 Å². The Hall–Kier alpha value is -3.41. The van der Waals surface area contributed by atoms with E-state index in [0.717, 1.165) is 21.2 Å². The largest absolute Gasteiger partial charge is 0.508 e. The molecule has 11 heteroatoms. The van der Waals surface area contributed by atoms with Crippen LogP contribution >= 0.6 is 11.8 Å². The number of fused-ring (bicyclic) bond motifs is 2. The van der Waals surface area contributed by atoms with Gasteiger partial charge in [-0.15, -0.1) is 4.83 Å². The summed E-state index contributed by atoms with van der Waals surface area (Å²) < 4.78 is 25.2. The number of rotatable bonds is 5. The van der Waals surface area contributed by atoms with E-state index in [0.29, 0.717) is 11.4 Å². The summed E-state index contributed by atoms with van der Waals surface area (Å²) in [5, 5.41) is 9.40. The maximum absolute atomic E-state index is 13.3. The van der Waals surface area contributed by atoms with Crippen LogP contribution in [0.5, 0.6) is 5.75 Å². The van der Waals surface area contributed by atoms with Crippen molar-refractivity contribution in [2.24, 2.45) is 0 Å². The van der Waals surface area contributed by atoms with Crippen molar-refractivity contribution >= 4 is 50.6 Å². The van der Waals surface area contributed by atoms with E-state index in [9.17, 15) is 18.3 Å². The predicted octanol–water partition coefficient (Wildman–Crippen LogP) is 3.73. The van der Waals surface area contributed by atoms with E-state index in [2.05, 4.69) is 10.3 Å². The van der Waals surface area contributed by atoms with Crippen molar-refractivity contribution in [2.75, 3.05) is 42.9 Å². The number of hydrogen-bond acceptors (Lipinski definition) is 7. The molecule has 0 aromatic heterocycles. The molecule has 0 aliphatic carbocycles. The van der Waals surface area contributed by atoms with Crippen molar-refractivity contribution in [3.8, 4) is 5.75 Å². The number of amides is 2. The maximum atomic E-state index is 13.3. The first kappa shape index (κ1) is 23.7. The van der Waals surface area contributed by atoms with Gasteiger partial charge in [0.1, 0.15) is 5.75 Å². The fourth-order valence-electron chi connectivity index (χ4n) is 3.41. The predicted molar refractivity (Wildman–Crippen MR) is 135 cm³/mol. The SMILES string of the molecule is CN(C)c1ccc2c(c1)Sc1cc(N(C)C)ccc1N2C(=O)NNS(=O)(=O)c1ccc(O)cc1. The molecule has 4 rings (SSSR count). The monoisotopic (exact) mass is 499 g/mol. The lowest BCUT2D eigenvalue weighted by Gasteiger charge is -2.32. The van der Waals surface area contributed by atoms with Gasteiger partial charge in [-0.05, 0) is 60.7 Å². The second kappa shape index (κ2) is 9.09. The van der Waals surface area contributed by atoms with Crippen LogP contribution in [0.25, 0.3) is 0 Å². The lowest BCUT2D eigenvalue weighted by atomic mass is 10.2. The number of nitrogens with zero attached hydrogens (tertiary/aromatic N) is 3. The third kappa shape index (κ3) is 4.63. The summed E-state index contributed by atoms with van der Waals surface area (Å²) in [7, 11) is 3.72. The Morgan fingerprint density at radius 1 is 0.853 bits per heavy atom. The summed E-state index contributed by atoms with van der Waals surface area (Å²) in [6.07, 6.45) is 0. The normalized spacial score (nSPS) is 12.5. The molecule has 3 N–H and O–H groups in total. The zero-order chi connectivity index (χ0) is 24.6. The van der Waals surface area contributed by atoms with Gasteiger partial charge < -0.3 is 14.9 Å². The molecule has 178 valence electrons. The molecule has 34 heavy (non-hydrogen) atoms. The average molecular weight is 500 g/mol. The molecule has 3 aromatic rings. The van der Waals surface area contributed by atoms with Crippen molar-refractivity contribution in [1.29, 1.82) is 0 Å². The number of benzene rings is 3. The Labute approximate surface area is 203 Å². The summed E-state index contributed by atoms with van der Waals surface area (Å²) >= 11 is 1.55. The fourth-order valence-corrected chi connectivity index (χ4v) is 5.37. The minimum atomic E-state index is -4.04. The van der Waals surface area contributed by atoms with Crippen LogP contribution in [-0.2, 0) is 10.0 Å². The number of carbonyl (C=O) groups is 1. The van der Waals surface area contributed by atoms with Gasteiger partial charge in [0.25, 0.3) is 10.0 Å². The first-order chi connectivity index (χ1) is 16.1. The molecular formula is C23H25N5O4S2. The smallest absolute Gasteiger partial charge is 0.341 e. The highest BCUT2D eigenvalue weighted by molar-refractivity contribution is 7.99. The third-order valence-corrected chi connectivity index (χ3v) is 7.62. The summed E-state index contributed by atoms with van der Waals surface area (Å²) in [5.74, 6) is -0.0591. The molecule has 2 amide bonds. The van der Waals surface area contributed by atoms with Crippen LogP contribution in [0.1, 0.15) is 0 Å². The minimum Gasteiger partial charge on any atom is -0.508 e. The van der Waals surface area contributed by atoms with Crippen LogP contribution < -0.4 is 25.0 Å². The van der Waals surface area contributed by atoms with E-state index in [4.69, 9.17) is 0 Å². The molecule has 1 aliphatic heterocycles. The van der Waals surface area contributed by atoms with Crippen molar-refractivity contribution in [2.45, 2.75) is 14.7 Å². The molecule has 1 aliphatic rings. The van der Waals surface area contributed by atoms with E-state index in [1.54, 1.807) is 11.8 Å². The topological polar surface area (TPSA) is 105 Å². The molecule has 0 unspecified atom stereocenters. The Bertz CT molecular complexity index is 1280. The lowest BCUT2D eigenvalue weighted by molar-refractivity contribution is 0.247. The summed E-state index contributed by atoms with van der Waals surface area (Å²) in [4.78, 5) is 22.5. The van der Waals surface area contributed by atoms with Crippen LogP contribution in [0.2, 0.25) is 0 Å². The summed E-state index contributed by atoms with van der Waals surface area (Å²) in [6.45, 7) is 0. The first-order valence-corrected chi connectivity index (χ1v) is 12.6. The first-order valence-electron chi connectivity index (χ1n) is 10.3. The van der Waals surface area contributed by atoms with Crippen molar-refractivity contribution < 1.29 is 18.3 Å². The Balaban J connectivity index is 1.68. The molecule has 0 spiro atoms. The molecule has 0 bridgehead atoms. The highest BCUT2D eigenvalue weighted by Crippen LogP contribution is 2.50. The van der Waals surface area contributed by atoms with Crippen LogP contribution in [0, 0.1) is 0 Å². The van der Waals surface area contributed by atoms with Crippen LogP contribution in [0.3, 0.4) is 0 Å². The average Bonchev–Trinajstić information content (AvgIpc) is 2.80. The number of phenolic OH excluding ortho intramolecular Hbond substituents is 1. The standard InChI is InChI=1S/C23H25N5O4S2/c1-26(2)15-5-11-19-21(13-15)33-22-14-16(27(3)4)6-12-20(22)28(19)23(30)24-25-34(31,32)18-9-7-17(29)8-10-18/h5-14,25,29H,1-4H3,(H,24,30). The highest BCUT2D eigenvalue weighted by Gasteiger charge is 2.30. The van der Waals surface area contributed by atoms with Gasteiger partial charge in [-0.1, -0.05) is 11.8 Å². The molecule has 0 saturated heterocycles. The highest BCUT2D eigenvalue weighted by atomic mass is 32.2.